The van der Waals surface area contributed by atoms with Crippen molar-refractivity contribution in [2.45, 2.75) is 20.3 Å². The van der Waals surface area contributed by atoms with E-state index in [0.29, 0.717) is 18.4 Å². The maximum atomic E-state index is 11.7. The summed E-state index contributed by atoms with van der Waals surface area (Å²) in [5.74, 6) is 2.98. The van der Waals surface area contributed by atoms with Crippen molar-refractivity contribution >= 4 is 17.8 Å². The van der Waals surface area contributed by atoms with Crippen molar-refractivity contribution in [3.8, 4) is 12.3 Å². The summed E-state index contributed by atoms with van der Waals surface area (Å²) in [5, 5.41) is 2.96. The summed E-state index contributed by atoms with van der Waals surface area (Å²) in [6.07, 6.45) is 7.49. The van der Waals surface area contributed by atoms with Crippen LogP contribution in [0.15, 0.2) is 6.33 Å². The van der Waals surface area contributed by atoms with Gasteiger partial charge >= 0.3 is 0 Å². The number of hydrogen-bond acceptors (Lipinski definition) is 7. The van der Waals surface area contributed by atoms with Crippen LogP contribution in [0.2, 0.25) is 0 Å². The van der Waals surface area contributed by atoms with Gasteiger partial charge in [0, 0.05) is 20.5 Å². The number of carbonyl (C=O) groups excluding carboxylic acids is 1. The van der Waals surface area contributed by atoms with Crippen LogP contribution in [0.25, 0.3) is 0 Å². The molecule has 0 N–H and O–H groups in total. The lowest BCUT2D eigenvalue weighted by atomic mass is 10.4. The molecule has 1 aromatic rings. The van der Waals surface area contributed by atoms with Crippen LogP contribution in [0, 0.1) is 12.3 Å². The summed E-state index contributed by atoms with van der Waals surface area (Å²) in [5.41, 5.74) is 0. The number of amides is 1. The van der Waals surface area contributed by atoms with Gasteiger partial charge in [0.05, 0.1) is 7.11 Å². The van der Waals surface area contributed by atoms with E-state index < -0.39 is 0 Å². The molecule has 0 aromatic carbocycles. The molecule has 21 heavy (non-hydrogen) atoms. The molecule has 8 heteroatoms. The van der Waals surface area contributed by atoms with Crippen LogP contribution in [-0.4, -0.2) is 53.3 Å². The van der Waals surface area contributed by atoms with E-state index in [1.54, 1.807) is 12.1 Å². The molecule has 0 aliphatic heterocycles. The van der Waals surface area contributed by atoms with E-state index >= 15 is 0 Å². The minimum absolute atomic E-state index is 0.127. The molecule has 1 amide bonds. The molecule has 1 rings (SSSR count). The Kier molecular flexibility index (Phi) is 6.52. The SMILES string of the molecule is C#CCN(c1ncnc(N(CCC)C(C)=O)n1)N(C)OC. The van der Waals surface area contributed by atoms with E-state index in [9.17, 15) is 4.79 Å². The third-order valence-corrected chi connectivity index (χ3v) is 2.69. The Balaban J connectivity index is 3.12. The van der Waals surface area contributed by atoms with E-state index in [4.69, 9.17) is 11.3 Å². The maximum absolute atomic E-state index is 11.7. The molecule has 0 unspecified atom stereocenters. The number of carbonyl (C=O) groups is 1. The molecule has 0 radical (unpaired) electrons. The Morgan fingerprint density at radius 2 is 2.10 bits per heavy atom. The fourth-order valence-corrected chi connectivity index (χ4v) is 1.64. The van der Waals surface area contributed by atoms with Gasteiger partial charge in [-0.2, -0.15) is 9.97 Å². The average molecular weight is 292 g/mol. The Bertz CT molecular complexity index is 516. The summed E-state index contributed by atoms with van der Waals surface area (Å²) < 4.78 is 0. The van der Waals surface area contributed by atoms with Gasteiger partial charge in [0.25, 0.3) is 0 Å². The predicted molar refractivity (Wildman–Crippen MR) is 79.1 cm³/mol. The average Bonchev–Trinajstić information content (AvgIpc) is 2.49. The molecule has 114 valence electrons. The first-order chi connectivity index (χ1) is 10.0. The zero-order valence-corrected chi connectivity index (χ0v) is 12.8. The summed E-state index contributed by atoms with van der Waals surface area (Å²) in [7, 11) is 3.18. The highest BCUT2D eigenvalue weighted by Gasteiger charge is 2.19. The number of anilines is 2. The van der Waals surface area contributed by atoms with Crippen molar-refractivity contribution in [1.29, 1.82) is 0 Å². The second-order valence-electron chi connectivity index (χ2n) is 4.16. The number of hydroxylamine groups is 1. The topological polar surface area (TPSA) is 74.7 Å². The Morgan fingerprint density at radius 1 is 1.43 bits per heavy atom. The minimum atomic E-state index is -0.127. The van der Waals surface area contributed by atoms with E-state index in [-0.39, 0.29) is 12.5 Å². The second kappa shape index (κ2) is 8.14. The predicted octanol–water partition coefficient (Wildman–Crippen LogP) is 0.482. The molecule has 0 fully saturated rings. The van der Waals surface area contributed by atoms with Gasteiger partial charge in [0.15, 0.2) is 0 Å². The molecule has 0 aliphatic rings. The molecular weight excluding hydrogens is 272 g/mol. The highest BCUT2D eigenvalue weighted by Crippen LogP contribution is 2.14. The van der Waals surface area contributed by atoms with Gasteiger partial charge in [-0.1, -0.05) is 18.0 Å². The number of hydrogen-bond donors (Lipinski definition) is 0. The van der Waals surface area contributed by atoms with Gasteiger partial charge in [-0.25, -0.2) is 9.99 Å². The number of aromatic nitrogens is 3. The van der Waals surface area contributed by atoms with Crippen LogP contribution < -0.4 is 9.91 Å². The van der Waals surface area contributed by atoms with Crippen molar-refractivity contribution in [1.82, 2.24) is 20.1 Å². The smallest absolute Gasteiger partial charge is 0.247 e. The van der Waals surface area contributed by atoms with E-state index in [1.165, 1.54) is 30.4 Å². The zero-order valence-electron chi connectivity index (χ0n) is 12.8. The lowest BCUT2D eigenvalue weighted by Crippen LogP contribution is -2.41. The van der Waals surface area contributed by atoms with Crippen molar-refractivity contribution in [2.24, 2.45) is 0 Å². The number of rotatable bonds is 7. The lowest BCUT2D eigenvalue weighted by Gasteiger charge is -2.28. The Hall–Kier alpha value is -2.24. The molecule has 0 atom stereocenters. The number of nitrogens with zero attached hydrogens (tertiary/aromatic N) is 6. The van der Waals surface area contributed by atoms with Gasteiger partial charge < -0.3 is 0 Å². The van der Waals surface area contributed by atoms with Crippen LogP contribution in [0.5, 0.6) is 0 Å². The van der Waals surface area contributed by atoms with Crippen LogP contribution in [0.3, 0.4) is 0 Å². The fourth-order valence-electron chi connectivity index (χ4n) is 1.64. The Morgan fingerprint density at radius 3 is 2.62 bits per heavy atom. The first-order valence-corrected chi connectivity index (χ1v) is 6.51. The lowest BCUT2D eigenvalue weighted by molar-refractivity contribution is -0.118. The standard InChI is InChI=1S/C13H20N6O2/c1-6-8-18(11(3)20)12-14-10-15-13(16-12)19(9-7-2)17(4)21-5/h2,10H,6,8-9H2,1,3-5H3. The van der Waals surface area contributed by atoms with E-state index in [2.05, 4.69) is 20.9 Å². The third kappa shape index (κ3) is 4.37. The Labute approximate surface area is 124 Å². The molecule has 0 aliphatic carbocycles. The van der Waals surface area contributed by atoms with Crippen LogP contribution >= 0.6 is 0 Å². The van der Waals surface area contributed by atoms with Crippen molar-refractivity contribution < 1.29 is 9.63 Å². The fraction of sp³-hybridized carbons (Fsp3) is 0.538. The molecular formula is C13H20N6O2. The highest BCUT2D eigenvalue weighted by molar-refractivity contribution is 5.89. The van der Waals surface area contributed by atoms with Gasteiger partial charge in [-0.15, -0.1) is 6.42 Å². The summed E-state index contributed by atoms with van der Waals surface area (Å²) >= 11 is 0. The largest absolute Gasteiger partial charge is 0.283 e. The van der Waals surface area contributed by atoms with E-state index in [0.717, 1.165) is 6.42 Å². The molecule has 0 spiro atoms. The van der Waals surface area contributed by atoms with E-state index in [1.807, 2.05) is 6.92 Å². The number of hydrazine groups is 1. The van der Waals surface area contributed by atoms with Gasteiger partial charge in [-0.3, -0.25) is 14.5 Å². The van der Waals surface area contributed by atoms with Crippen LogP contribution in [0.1, 0.15) is 20.3 Å². The highest BCUT2D eigenvalue weighted by atomic mass is 16.7. The van der Waals surface area contributed by atoms with Crippen molar-refractivity contribution in [2.75, 3.05) is 37.2 Å². The molecule has 0 saturated heterocycles. The third-order valence-electron chi connectivity index (χ3n) is 2.69. The molecule has 0 saturated carbocycles. The van der Waals surface area contributed by atoms with Gasteiger partial charge in [0.1, 0.15) is 12.9 Å². The van der Waals surface area contributed by atoms with Crippen molar-refractivity contribution in [3.63, 3.8) is 0 Å². The first kappa shape index (κ1) is 16.8. The number of terminal acetylenes is 1. The monoisotopic (exact) mass is 292 g/mol. The normalized spacial score (nSPS) is 10.3. The molecule has 1 heterocycles. The first-order valence-electron chi connectivity index (χ1n) is 6.51. The summed E-state index contributed by atoms with van der Waals surface area (Å²) in [6.45, 7) is 4.21. The zero-order chi connectivity index (χ0) is 15.8. The van der Waals surface area contributed by atoms with Crippen molar-refractivity contribution in [3.05, 3.63) is 6.33 Å². The van der Waals surface area contributed by atoms with Gasteiger partial charge in [-0.05, 0) is 6.42 Å². The second-order valence-corrected chi connectivity index (χ2v) is 4.16. The summed E-state index contributed by atoms with van der Waals surface area (Å²) in [6, 6.07) is 0. The quantitative estimate of drug-likeness (QED) is 0.534. The maximum Gasteiger partial charge on any atom is 0.247 e. The van der Waals surface area contributed by atoms with Crippen LogP contribution in [0.4, 0.5) is 11.9 Å². The summed E-state index contributed by atoms with van der Waals surface area (Å²) in [4.78, 5) is 30.7. The molecule has 0 bridgehead atoms. The molecule has 1 aromatic heterocycles. The van der Waals surface area contributed by atoms with Crippen LogP contribution in [-0.2, 0) is 9.63 Å². The molecule has 8 nitrogen and oxygen atoms in total. The van der Waals surface area contributed by atoms with Gasteiger partial charge in [0.2, 0.25) is 17.8 Å². The minimum Gasteiger partial charge on any atom is -0.283 e.